The molecule has 0 radical (unpaired) electrons. The van der Waals surface area contributed by atoms with Crippen LogP contribution in [0.1, 0.15) is 23.4 Å². The van der Waals surface area contributed by atoms with Gasteiger partial charge in [-0.15, -0.1) is 11.3 Å². The van der Waals surface area contributed by atoms with Gasteiger partial charge in [-0.3, -0.25) is 9.59 Å². The van der Waals surface area contributed by atoms with Crippen molar-refractivity contribution >= 4 is 39.1 Å². The summed E-state index contributed by atoms with van der Waals surface area (Å²) in [6, 6.07) is 7.41. The zero-order chi connectivity index (χ0) is 20.4. The van der Waals surface area contributed by atoms with E-state index < -0.39 is 34.8 Å². The fourth-order valence-electron chi connectivity index (χ4n) is 2.75. The van der Waals surface area contributed by atoms with Crippen LogP contribution in [0.25, 0.3) is 10.2 Å². The van der Waals surface area contributed by atoms with Crippen LogP contribution < -0.4 is 4.90 Å². The van der Waals surface area contributed by atoms with Crippen molar-refractivity contribution in [3.63, 3.8) is 0 Å². The molecule has 1 heterocycles. The zero-order valence-corrected chi connectivity index (χ0v) is 15.5. The molecule has 1 aromatic heterocycles. The number of carboxylic acid groups (broad SMARTS) is 1. The molecule has 3 rings (SSSR count). The Morgan fingerprint density at radius 2 is 1.86 bits per heavy atom. The van der Waals surface area contributed by atoms with Gasteiger partial charge in [0, 0.05) is 18.2 Å². The lowest BCUT2D eigenvalue weighted by molar-refractivity contribution is -0.138. The molecule has 0 bridgehead atoms. The Hall–Kier alpha value is -2.94. The summed E-state index contributed by atoms with van der Waals surface area (Å²) in [5, 5.41) is 9.04. The van der Waals surface area contributed by atoms with Gasteiger partial charge in [0.25, 0.3) is 0 Å². The summed E-state index contributed by atoms with van der Waals surface area (Å²) in [6.45, 7) is 1.66. The van der Waals surface area contributed by atoms with E-state index in [1.807, 2.05) is 0 Å². The number of fused-ring (bicyclic) bond motifs is 1. The summed E-state index contributed by atoms with van der Waals surface area (Å²) in [5.74, 6) is -5.10. The van der Waals surface area contributed by atoms with Gasteiger partial charge in [-0.05, 0) is 18.6 Å². The Labute approximate surface area is 162 Å². The first-order valence-electron chi connectivity index (χ1n) is 8.28. The zero-order valence-electron chi connectivity index (χ0n) is 14.7. The number of carboxylic acids is 1. The number of amides is 1. The van der Waals surface area contributed by atoms with Gasteiger partial charge in [0.15, 0.2) is 11.6 Å². The molecule has 2 aromatic carbocycles. The van der Waals surface area contributed by atoms with Gasteiger partial charge in [0.05, 0.1) is 17.7 Å². The molecule has 0 aliphatic rings. The maximum absolute atomic E-state index is 14.0. The number of hydrogen-bond donors (Lipinski definition) is 1. The van der Waals surface area contributed by atoms with Crippen LogP contribution in [-0.4, -0.2) is 22.0 Å². The molecule has 0 spiro atoms. The summed E-state index contributed by atoms with van der Waals surface area (Å²) < 4.78 is 41.2. The number of nitrogens with zero attached hydrogens (tertiary/aromatic N) is 2. The Kier molecular flexibility index (Phi) is 5.64. The first kappa shape index (κ1) is 19.8. The van der Waals surface area contributed by atoms with E-state index in [4.69, 9.17) is 5.11 Å². The highest BCUT2D eigenvalue weighted by molar-refractivity contribution is 7.18. The fraction of sp³-hybridized carbons (Fsp3) is 0.211. The van der Waals surface area contributed by atoms with E-state index in [1.165, 1.54) is 4.90 Å². The number of hydrogen-bond acceptors (Lipinski definition) is 4. The number of aliphatic carboxylic acids is 1. The molecule has 0 unspecified atom stereocenters. The minimum Gasteiger partial charge on any atom is -0.481 e. The Balaban J connectivity index is 2.00. The third-order valence-electron chi connectivity index (χ3n) is 4.11. The summed E-state index contributed by atoms with van der Waals surface area (Å²) >= 11 is 0.814. The maximum atomic E-state index is 14.0. The number of halogens is 3. The van der Waals surface area contributed by atoms with Crippen molar-refractivity contribution < 1.29 is 27.9 Å². The molecular weight excluding hydrogens is 393 g/mol. The lowest BCUT2D eigenvalue weighted by atomic mass is 10.1. The largest absolute Gasteiger partial charge is 0.481 e. The molecule has 28 heavy (non-hydrogen) atoms. The van der Waals surface area contributed by atoms with Crippen LogP contribution in [0.3, 0.4) is 0 Å². The second-order valence-electron chi connectivity index (χ2n) is 6.10. The van der Waals surface area contributed by atoms with Crippen molar-refractivity contribution in [2.75, 3.05) is 4.90 Å². The van der Waals surface area contributed by atoms with Gasteiger partial charge in [0.1, 0.15) is 16.3 Å². The molecule has 0 saturated heterocycles. The highest BCUT2D eigenvalue weighted by atomic mass is 32.1. The van der Waals surface area contributed by atoms with Gasteiger partial charge in [-0.2, -0.15) is 0 Å². The molecule has 0 saturated carbocycles. The van der Waals surface area contributed by atoms with Crippen LogP contribution in [-0.2, 0) is 16.1 Å². The van der Waals surface area contributed by atoms with E-state index in [2.05, 4.69) is 4.98 Å². The monoisotopic (exact) mass is 408 g/mol. The maximum Gasteiger partial charge on any atom is 0.303 e. The number of thiazole rings is 1. The molecule has 0 aliphatic carbocycles. The minimum absolute atomic E-state index is 0.122. The highest BCUT2D eigenvalue weighted by Gasteiger charge is 2.23. The van der Waals surface area contributed by atoms with Crippen molar-refractivity contribution in [3.8, 4) is 0 Å². The number of carbonyl (C=O) groups is 2. The highest BCUT2D eigenvalue weighted by Crippen LogP contribution is 2.31. The average molecular weight is 408 g/mol. The van der Waals surface area contributed by atoms with Gasteiger partial charge < -0.3 is 10.0 Å². The molecule has 1 amide bonds. The normalized spacial score (nSPS) is 11.0. The second-order valence-corrected chi connectivity index (χ2v) is 7.18. The van der Waals surface area contributed by atoms with Crippen LogP contribution in [0.5, 0.6) is 0 Å². The van der Waals surface area contributed by atoms with Crippen molar-refractivity contribution in [2.24, 2.45) is 0 Å². The van der Waals surface area contributed by atoms with Crippen LogP contribution in [0, 0.1) is 24.4 Å². The number of aromatic nitrogens is 1. The predicted octanol–water partition coefficient (Wildman–Crippen LogP) is 4.42. The smallest absolute Gasteiger partial charge is 0.303 e. The van der Waals surface area contributed by atoms with Crippen molar-refractivity contribution in [1.82, 2.24) is 4.98 Å². The first-order valence-corrected chi connectivity index (χ1v) is 9.10. The molecule has 0 aliphatic heterocycles. The van der Waals surface area contributed by atoms with Gasteiger partial charge in [-0.1, -0.05) is 18.2 Å². The fourth-order valence-corrected chi connectivity index (χ4v) is 3.71. The summed E-state index contributed by atoms with van der Waals surface area (Å²) in [7, 11) is 0. The summed E-state index contributed by atoms with van der Waals surface area (Å²) in [4.78, 5) is 28.7. The lowest BCUT2D eigenvalue weighted by Crippen LogP contribution is -2.31. The number of rotatable bonds is 6. The van der Waals surface area contributed by atoms with E-state index in [9.17, 15) is 22.8 Å². The van der Waals surface area contributed by atoms with Crippen molar-refractivity contribution in [2.45, 2.75) is 26.3 Å². The number of aryl methyl sites for hydroxylation is 1. The number of para-hydroxylation sites is 1. The van der Waals surface area contributed by atoms with Crippen LogP contribution in [0.4, 0.5) is 18.9 Å². The molecular formula is C19H15F3N2O3S. The van der Waals surface area contributed by atoms with Crippen LogP contribution >= 0.6 is 11.3 Å². The molecule has 0 fully saturated rings. The van der Waals surface area contributed by atoms with Crippen LogP contribution in [0.15, 0.2) is 30.3 Å². The molecule has 5 nitrogen and oxygen atoms in total. The quantitative estimate of drug-likeness (QED) is 0.613. The third-order valence-corrected chi connectivity index (χ3v) is 5.16. The average Bonchev–Trinajstić information content (AvgIpc) is 3.08. The van der Waals surface area contributed by atoms with E-state index in [-0.39, 0.29) is 29.1 Å². The third kappa shape index (κ3) is 3.99. The van der Waals surface area contributed by atoms with E-state index in [1.54, 1.807) is 31.2 Å². The van der Waals surface area contributed by atoms with Gasteiger partial charge in [0.2, 0.25) is 5.91 Å². The van der Waals surface area contributed by atoms with Gasteiger partial charge in [-0.25, -0.2) is 18.2 Å². The molecule has 3 aromatic rings. The molecule has 1 N–H and O–H groups in total. The number of carbonyl (C=O) groups excluding carboxylic acids is 1. The summed E-state index contributed by atoms with van der Waals surface area (Å²) in [5.41, 5.74) is 0.861. The van der Waals surface area contributed by atoms with E-state index in [0.29, 0.717) is 11.8 Å². The van der Waals surface area contributed by atoms with Gasteiger partial charge >= 0.3 is 5.97 Å². The minimum atomic E-state index is -1.34. The number of benzene rings is 2. The Morgan fingerprint density at radius 1 is 1.14 bits per heavy atom. The Morgan fingerprint density at radius 3 is 2.54 bits per heavy atom. The molecule has 0 atom stereocenters. The summed E-state index contributed by atoms with van der Waals surface area (Å²) in [6.07, 6.45) is -0.596. The van der Waals surface area contributed by atoms with E-state index in [0.717, 1.165) is 16.9 Å². The van der Waals surface area contributed by atoms with Crippen molar-refractivity contribution in [1.29, 1.82) is 0 Å². The first-order chi connectivity index (χ1) is 13.3. The standard InChI is InChI=1S/C19H15F3N2O3S/c1-10-4-2-3-5-13(10)24(15(25)6-7-16(26)27)9-14-23-18-17(22)11(20)8-12(21)19(18)28-14/h2-5,8H,6-7,9H2,1H3,(H,26,27). The number of anilines is 1. The lowest BCUT2D eigenvalue weighted by Gasteiger charge is -2.23. The Bertz CT molecular complexity index is 1070. The van der Waals surface area contributed by atoms with E-state index >= 15 is 0 Å². The topological polar surface area (TPSA) is 70.5 Å². The predicted molar refractivity (Wildman–Crippen MR) is 98.7 cm³/mol. The van der Waals surface area contributed by atoms with Crippen LogP contribution in [0.2, 0.25) is 0 Å². The van der Waals surface area contributed by atoms with Crippen molar-refractivity contribution in [3.05, 3.63) is 58.4 Å². The molecule has 9 heteroatoms. The SMILES string of the molecule is Cc1ccccc1N(Cc1nc2c(F)c(F)cc(F)c2s1)C(=O)CCC(=O)O. The molecule has 146 valence electrons. The second kappa shape index (κ2) is 7.97.